The van der Waals surface area contributed by atoms with Gasteiger partial charge >= 0.3 is 0 Å². The number of amides is 1. The first-order chi connectivity index (χ1) is 15.9. The Hall–Kier alpha value is -3.48. The molecular weight excluding hydrogens is 465 g/mol. The summed E-state index contributed by atoms with van der Waals surface area (Å²) in [5.74, 6) is -1.43. The molecule has 0 spiro atoms. The minimum Gasteiger partial charge on any atom is -0.507 e. The maximum Gasteiger partial charge on any atom is 0.300 e. The van der Waals surface area contributed by atoms with Gasteiger partial charge in [0.15, 0.2) is 0 Å². The van der Waals surface area contributed by atoms with Crippen LogP contribution in [0.15, 0.2) is 72.3 Å². The van der Waals surface area contributed by atoms with Crippen LogP contribution in [0.25, 0.3) is 5.76 Å². The summed E-state index contributed by atoms with van der Waals surface area (Å²) in [5, 5.41) is 12.0. The first-order valence-corrected chi connectivity index (χ1v) is 10.7. The summed E-state index contributed by atoms with van der Waals surface area (Å²) >= 11 is 12.3. The standard InChI is InChI=1S/C25H19Cl2NO5/c1-32-19-13-20(33-2)18(27)12-17(19)23(29)21-22(14-8-10-15(26)11-9-14)28(25(31)24(21)30)16-6-4-3-5-7-16/h3-13,22,29H,1-2H3/b23-21+. The average molecular weight is 484 g/mol. The Morgan fingerprint density at radius 3 is 2.15 bits per heavy atom. The molecule has 168 valence electrons. The van der Waals surface area contributed by atoms with E-state index < -0.39 is 23.5 Å². The quantitative estimate of drug-likeness (QED) is 0.288. The number of para-hydroxylation sites is 1. The number of carbonyl (C=O) groups excluding carboxylic acids is 2. The maximum absolute atomic E-state index is 13.2. The number of ketones is 1. The van der Waals surface area contributed by atoms with E-state index in [4.69, 9.17) is 32.7 Å². The molecular formula is C25H19Cl2NO5. The zero-order valence-electron chi connectivity index (χ0n) is 17.7. The van der Waals surface area contributed by atoms with Crippen molar-refractivity contribution in [3.63, 3.8) is 0 Å². The number of rotatable bonds is 5. The van der Waals surface area contributed by atoms with Crippen LogP contribution in [-0.4, -0.2) is 31.0 Å². The van der Waals surface area contributed by atoms with Gasteiger partial charge in [-0.05, 0) is 35.9 Å². The van der Waals surface area contributed by atoms with Crippen LogP contribution in [0.4, 0.5) is 5.69 Å². The van der Waals surface area contributed by atoms with Crippen molar-refractivity contribution in [2.75, 3.05) is 19.1 Å². The second-order valence-electron chi connectivity index (χ2n) is 7.24. The van der Waals surface area contributed by atoms with Crippen LogP contribution in [0.3, 0.4) is 0 Å². The van der Waals surface area contributed by atoms with E-state index in [9.17, 15) is 14.7 Å². The number of benzene rings is 3. The molecule has 33 heavy (non-hydrogen) atoms. The van der Waals surface area contributed by atoms with Crippen molar-refractivity contribution in [1.82, 2.24) is 0 Å². The molecule has 4 rings (SSSR count). The normalized spacial score (nSPS) is 17.3. The van der Waals surface area contributed by atoms with E-state index in [2.05, 4.69) is 0 Å². The van der Waals surface area contributed by atoms with Gasteiger partial charge in [-0.2, -0.15) is 0 Å². The maximum atomic E-state index is 13.2. The van der Waals surface area contributed by atoms with E-state index >= 15 is 0 Å². The monoisotopic (exact) mass is 483 g/mol. The summed E-state index contributed by atoms with van der Waals surface area (Å²) < 4.78 is 10.6. The molecule has 0 aromatic heterocycles. The van der Waals surface area contributed by atoms with Gasteiger partial charge in [-0.1, -0.05) is 53.5 Å². The van der Waals surface area contributed by atoms with Crippen molar-refractivity contribution in [1.29, 1.82) is 0 Å². The Kier molecular flexibility index (Phi) is 6.31. The van der Waals surface area contributed by atoms with Crippen LogP contribution >= 0.6 is 23.2 Å². The number of halogens is 2. The van der Waals surface area contributed by atoms with E-state index in [1.165, 1.54) is 31.3 Å². The number of anilines is 1. The summed E-state index contributed by atoms with van der Waals surface area (Å²) in [6.45, 7) is 0. The van der Waals surface area contributed by atoms with Crippen LogP contribution in [0.2, 0.25) is 10.0 Å². The number of carbonyl (C=O) groups is 2. The fourth-order valence-electron chi connectivity index (χ4n) is 3.84. The van der Waals surface area contributed by atoms with Crippen molar-refractivity contribution in [3.8, 4) is 11.5 Å². The largest absolute Gasteiger partial charge is 0.507 e. The molecule has 1 fully saturated rings. The Bertz CT molecular complexity index is 1260. The second-order valence-corrected chi connectivity index (χ2v) is 8.09. The van der Waals surface area contributed by atoms with Gasteiger partial charge in [0.25, 0.3) is 11.7 Å². The van der Waals surface area contributed by atoms with Crippen molar-refractivity contribution in [3.05, 3.63) is 93.5 Å². The number of hydrogen-bond acceptors (Lipinski definition) is 5. The van der Waals surface area contributed by atoms with E-state index in [1.807, 2.05) is 6.07 Å². The summed E-state index contributed by atoms with van der Waals surface area (Å²) in [4.78, 5) is 27.7. The molecule has 3 aromatic carbocycles. The van der Waals surface area contributed by atoms with Crippen LogP contribution < -0.4 is 14.4 Å². The minimum atomic E-state index is -0.893. The molecule has 6 nitrogen and oxygen atoms in total. The highest BCUT2D eigenvalue weighted by molar-refractivity contribution is 6.51. The molecule has 1 aliphatic rings. The third kappa shape index (κ3) is 4.03. The number of Topliss-reactive ketones (excluding diaryl/α,β-unsaturated/α-hetero) is 1. The molecule has 1 heterocycles. The van der Waals surface area contributed by atoms with Crippen LogP contribution in [0, 0.1) is 0 Å². The first-order valence-electron chi connectivity index (χ1n) is 9.90. The van der Waals surface area contributed by atoms with Gasteiger partial charge in [0.2, 0.25) is 0 Å². The molecule has 1 N–H and O–H groups in total. The minimum absolute atomic E-state index is 0.0919. The molecule has 3 aromatic rings. The number of nitrogens with zero attached hydrogens (tertiary/aromatic N) is 1. The van der Waals surface area contributed by atoms with Gasteiger partial charge in [0.05, 0.1) is 36.4 Å². The van der Waals surface area contributed by atoms with Gasteiger partial charge in [0.1, 0.15) is 17.3 Å². The summed E-state index contributed by atoms with van der Waals surface area (Å²) in [6, 6.07) is 17.6. The smallest absolute Gasteiger partial charge is 0.300 e. The third-order valence-corrected chi connectivity index (χ3v) is 5.94. The van der Waals surface area contributed by atoms with E-state index in [0.717, 1.165) is 0 Å². The Morgan fingerprint density at radius 1 is 0.909 bits per heavy atom. The average Bonchev–Trinajstić information content (AvgIpc) is 3.10. The predicted molar refractivity (Wildman–Crippen MR) is 127 cm³/mol. The molecule has 0 saturated carbocycles. The highest BCUT2D eigenvalue weighted by Gasteiger charge is 2.47. The number of aliphatic hydroxyl groups is 1. The van der Waals surface area contributed by atoms with Crippen molar-refractivity contribution in [2.45, 2.75) is 6.04 Å². The lowest BCUT2D eigenvalue weighted by molar-refractivity contribution is -0.132. The number of methoxy groups -OCH3 is 2. The number of hydrogen-bond donors (Lipinski definition) is 1. The molecule has 1 atom stereocenters. The molecule has 0 aliphatic carbocycles. The van der Waals surface area contributed by atoms with Gasteiger partial charge in [-0.25, -0.2) is 0 Å². The Labute approximate surface area is 200 Å². The molecule has 1 unspecified atom stereocenters. The molecule has 0 radical (unpaired) electrons. The zero-order chi connectivity index (χ0) is 23.7. The van der Waals surface area contributed by atoms with Crippen molar-refractivity contribution >= 4 is 46.3 Å². The third-order valence-electron chi connectivity index (χ3n) is 5.39. The lowest BCUT2D eigenvalue weighted by Crippen LogP contribution is -2.29. The fraction of sp³-hybridized carbons (Fsp3) is 0.120. The highest BCUT2D eigenvalue weighted by Crippen LogP contribution is 2.44. The lowest BCUT2D eigenvalue weighted by Gasteiger charge is -2.25. The zero-order valence-corrected chi connectivity index (χ0v) is 19.2. The molecule has 1 saturated heterocycles. The van der Waals surface area contributed by atoms with E-state index in [0.29, 0.717) is 22.0 Å². The summed E-state index contributed by atoms with van der Waals surface area (Å²) in [6.07, 6.45) is 0. The van der Waals surface area contributed by atoms with Gasteiger partial charge in [-0.3, -0.25) is 14.5 Å². The van der Waals surface area contributed by atoms with E-state index in [-0.39, 0.29) is 21.9 Å². The number of ether oxygens (including phenoxy) is 2. The van der Waals surface area contributed by atoms with Crippen LogP contribution in [0.5, 0.6) is 11.5 Å². The molecule has 0 bridgehead atoms. The van der Waals surface area contributed by atoms with Crippen LogP contribution in [-0.2, 0) is 9.59 Å². The Morgan fingerprint density at radius 2 is 1.55 bits per heavy atom. The fourth-order valence-corrected chi connectivity index (χ4v) is 4.20. The summed E-state index contributed by atoms with van der Waals surface area (Å²) in [7, 11) is 2.87. The SMILES string of the molecule is COc1cc(OC)c(/C(O)=C2\C(=O)C(=O)N(c3ccccc3)C2c2ccc(Cl)cc2)cc1Cl. The highest BCUT2D eigenvalue weighted by atomic mass is 35.5. The predicted octanol–water partition coefficient (Wildman–Crippen LogP) is 5.64. The first kappa shape index (κ1) is 22.7. The number of aliphatic hydroxyl groups excluding tert-OH is 1. The van der Waals surface area contributed by atoms with Crippen molar-refractivity contribution in [2.24, 2.45) is 0 Å². The summed E-state index contributed by atoms with van der Waals surface area (Å²) in [5.41, 5.74) is 1.18. The lowest BCUT2D eigenvalue weighted by atomic mass is 9.94. The van der Waals surface area contributed by atoms with Gasteiger partial charge in [0, 0.05) is 16.8 Å². The molecule has 1 aliphatic heterocycles. The molecule has 1 amide bonds. The Balaban J connectivity index is 1.98. The van der Waals surface area contributed by atoms with E-state index in [1.54, 1.807) is 48.5 Å². The van der Waals surface area contributed by atoms with Crippen LogP contribution in [0.1, 0.15) is 17.2 Å². The topological polar surface area (TPSA) is 76.1 Å². The van der Waals surface area contributed by atoms with Gasteiger partial charge < -0.3 is 14.6 Å². The second kappa shape index (κ2) is 9.17. The molecule has 8 heteroatoms. The van der Waals surface area contributed by atoms with Gasteiger partial charge in [-0.15, -0.1) is 0 Å². The van der Waals surface area contributed by atoms with Crippen molar-refractivity contribution < 1.29 is 24.2 Å².